The minimum Gasteiger partial charge on any atom is -0.487 e. The van der Waals surface area contributed by atoms with Crippen molar-refractivity contribution in [3.8, 4) is 5.75 Å². The maximum Gasteiger partial charge on any atom is 0.293 e. The van der Waals surface area contributed by atoms with Gasteiger partial charge in [0.15, 0.2) is 9.84 Å². The molecule has 1 N–H and O–H groups in total. The number of carbonyl (C=O) groups is 1. The normalized spacial score (nSPS) is 16.0. The van der Waals surface area contributed by atoms with Crippen molar-refractivity contribution in [1.82, 2.24) is 10.3 Å². The van der Waals surface area contributed by atoms with Gasteiger partial charge in [0, 0.05) is 17.1 Å². The number of piperidine rings is 1. The van der Waals surface area contributed by atoms with E-state index in [2.05, 4.69) is 17.0 Å². The lowest BCUT2D eigenvalue weighted by atomic mass is 9.82. The zero-order valence-electron chi connectivity index (χ0n) is 18.8. The lowest BCUT2D eigenvalue weighted by molar-refractivity contribution is -0.138. The van der Waals surface area contributed by atoms with Gasteiger partial charge in [0.2, 0.25) is 0 Å². The third-order valence-corrected chi connectivity index (χ3v) is 7.14. The van der Waals surface area contributed by atoms with Gasteiger partial charge in [-0.3, -0.25) is 4.79 Å². The Labute approximate surface area is 189 Å². The molecule has 2 heterocycles. The maximum atomic E-state index is 11.5. The van der Waals surface area contributed by atoms with Gasteiger partial charge in [-0.2, -0.15) is 0 Å². The molecule has 0 radical (unpaired) electrons. The van der Waals surface area contributed by atoms with E-state index in [9.17, 15) is 13.2 Å². The summed E-state index contributed by atoms with van der Waals surface area (Å²) in [6, 6.07) is 6.48. The van der Waals surface area contributed by atoms with Crippen molar-refractivity contribution in [3.63, 3.8) is 0 Å². The molecule has 0 amide bonds. The molecule has 1 fully saturated rings. The summed E-state index contributed by atoms with van der Waals surface area (Å²) in [6.07, 6.45) is 3.41. The summed E-state index contributed by atoms with van der Waals surface area (Å²) in [7, 11) is -3.17. The van der Waals surface area contributed by atoms with E-state index in [1.807, 2.05) is 26.2 Å². The highest BCUT2D eigenvalue weighted by Gasteiger charge is 2.31. The molecule has 0 unspecified atom stereocenters. The highest BCUT2D eigenvalue weighted by Crippen LogP contribution is 2.35. The van der Waals surface area contributed by atoms with Crippen molar-refractivity contribution in [2.45, 2.75) is 63.1 Å². The Morgan fingerprint density at radius 1 is 1.19 bits per heavy atom. The van der Waals surface area contributed by atoms with Crippen LogP contribution in [0.2, 0.25) is 0 Å². The van der Waals surface area contributed by atoms with Crippen LogP contribution in [0.15, 0.2) is 34.5 Å². The van der Waals surface area contributed by atoms with Crippen LogP contribution in [0.25, 0.3) is 0 Å². The molecule has 9 heteroatoms. The molecule has 7 nitrogen and oxygen atoms in total. The van der Waals surface area contributed by atoms with Crippen LogP contribution in [-0.4, -0.2) is 44.8 Å². The molecule has 0 saturated carbocycles. The van der Waals surface area contributed by atoms with E-state index in [-0.39, 0.29) is 11.0 Å². The van der Waals surface area contributed by atoms with Gasteiger partial charge < -0.3 is 14.8 Å². The first-order valence-corrected chi connectivity index (χ1v) is 12.9. The van der Waals surface area contributed by atoms with Crippen molar-refractivity contribution in [3.05, 3.63) is 40.3 Å². The average molecular weight is 469 g/mol. The molecule has 0 spiro atoms. The fourth-order valence-corrected chi connectivity index (χ4v) is 4.59. The third kappa shape index (κ3) is 8.23. The van der Waals surface area contributed by atoms with Crippen molar-refractivity contribution >= 4 is 27.6 Å². The van der Waals surface area contributed by atoms with Gasteiger partial charge in [0.25, 0.3) is 6.47 Å². The Hall–Kier alpha value is -1.97. The molecule has 1 saturated heterocycles. The molecule has 1 aromatic heterocycles. The van der Waals surface area contributed by atoms with Crippen LogP contribution in [-0.2, 0) is 31.4 Å². The number of hydrogen-bond donors (Lipinski definition) is 1. The number of sulfone groups is 1. The molecule has 2 aromatic rings. The van der Waals surface area contributed by atoms with E-state index < -0.39 is 9.84 Å². The van der Waals surface area contributed by atoms with Gasteiger partial charge in [-0.25, -0.2) is 13.4 Å². The number of rotatable bonds is 6. The van der Waals surface area contributed by atoms with E-state index in [1.54, 1.807) is 35.6 Å². The van der Waals surface area contributed by atoms with E-state index in [0.717, 1.165) is 31.6 Å². The first-order valence-electron chi connectivity index (χ1n) is 10.1. The maximum absolute atomic E-state index is 11.5. The van der Waals surface area contributed by atoms with E-state index >= 15 is 0 Å². The molecule has 31 heavy (non-hydrogen) atoms. The van der Waals surface area contributed by atoms with E-state index in [1.165, 1.54) is 11.3 Å². The number of hydrogen-bond acceptors (Lipinski definition) is 8. The molecule has 1 aliphatic heterocycles. The second-order valence-corrected chi connectivity index (χ2v) is 11.7. The van der Waals surface area contributed by atoms with Gasteiger partial charge in [-0.05, 0) is 71.0 Å². The van der Waals surface area contributed by atoms with Crippen molar-refractivity contribution in [2.24, 2.45) is 0 Å². The minimum absolute atomic E-state index is 0.158. The minimum atomic E-state index is -3.17. The standard InChI is InChI=1S/C17H22N2O3S2.C5H10O2/c1-17(7-9-18-10-8-17)16-19-13(12-23-16)11-22-14-3-5-15(6-4-14)24(2,20)21;1-5(2,3)7-4-6/h3-6,12,18H,7-11H2,1-2H3;4H,1-3H3. The number of benzene rings is 1. The average Bonchev–Trinajstić information content (AvgIpc) is 3.16. The lowest BCUT2D eigenvalue weighted by Crippen LogP contribution is -2.37. The summed E-state index contributed by atoms with van der Waals surface area (Å²) < 4.78 is 33.2. The van der Waals surface area contributed by atoms with Crippen LogP contribution in [0.1, 0.15) is 51.2 Å². The van der Waals surface area contributed by atoms with Crippen molar-refractivity contribution in [1.29, 1.82) is 0 Å². The molecule has 0 aliphatic carbocycles. The molecular formula is C22H32N2O5S2. The second kappa shape index (κ2) is 10.6. The molecule has 1 aromatic carbocycles. The van der Waals surface area contributed by atoms with Crippen LogP contribution in [0.4, 0.5) is 0 Å². The zero-order chi connectivity index (χ0) is 23.1. The molecular weight excluding hydrogens is 436 g/mol. The summed E-state index contributed by atoms with van der Waals surface area (Å²) in [4.78, 5) is 14.6. The predicted molar refractivity (Wildman–Crippen MR) is 122 cm³/mol. The van der Waals surface area contributed by atoms with Crippen LogP contribution in [0.3, 0.4) is 0 Å². The predicted octanol–water partition coefficient (Wildman–Crippen LogP) is 3.72. The van der Waals surface area contributed by atoms with Crippen LogP contribution < -0.4 is 10.1 Å². The van der Waals surface area contributed by atoms with Gasteiger partial charge in [-0.15, -0.1) is 11.3 Å². The van der Waals surface area contributed by atoms with E-state index in [4.69, 9.17) is 9.72 Å². The van der Waals surface area contributed by atoms with Crippen LogP contribution in [0.5, 0.6) is 5.75 Å². The van der Waals surface area contributed by atoms with Crippen molar-refractivity contribution in [2.75, 3.05) is 19.3 Å². The Morgan fingerprint density at radius 3 is 2.29 bits per heavy atom. The highest BCUT2D eigenvalue weighted by molar-refractivity contribution is 7.90. The number of carbonyl (C=O) groups excluding carboxylic acids is 1. The largest absolute Gasteiger partial charge is 0.487 e. The quantitative estimate of drug-likeness (QED) is 0.646. The number of nitrogens with zero attached hydrogens (tertiary/aromatic N) is 1. The number of aromatic nitrogens is 1. The van der Waals surface area contributed by atoms with Gasteiger partial charge >= 0.3 is 0 Å². The Morgan fingerprint density at radius 2 is 1.81 bits per heavy atom. The van der Waals surface area contributed by atoms with Gasteiger partial charge in [-0.1, -0.05) is 6.92 Å². The molecule has 0 atom stereocenters. The summed E-state index contributed by atoms with van der Waals surface area (Å²) in [6.45, 7) is 10.7. The summed E-state index contributed by atoms with van der Waals surface area (Å²) in [5.74, 6) is 0.644. The lowest BCUT2D eigenvalue weighted by Gasteiger charge is -2.31. The zero-order valence-corrected chi connectivity index (χ0v) is 20.4. The molecule has 1 aliphatic rings. The second-order valence-electron chi connectivity index (χ2n) is 8.81. The molecule has 0 bridgehead atoms. The Kier molecular flexibility index (Phi) is 8.62. The fourth-order valence-electron chi connectivity index (χ4n) is 2.93. The number of nitrogens with one attached hydrogen (secondary N) is 1. The Bertz CT molecular complexity index is 941. The van der Waals surface area contributed by atoms with Gasteiger partial charge in [0.05, 0.1) is 15.6 Å². The first-order chi connectivity index (χ1) is 14.4. The number of thiazole rings is 1. The third-order valence-electron chi connectivity index (χ3n) is 4.82. The van der Waals surface area contributed by atoms with E-state index in [0.29, 0.717) is 23.7 Å². The molecule has 3 rings (SSSR count). The first kappa shape index (κ1) is 25.3. The van der Waals surface area contributed by atoms with Crippen LogP contribution >= 0.6 is 11.3 Å². The number of ether oxygens (including phenoxy) is 2. The Balaban J connectivity index is 0.000000423. The SMILES string of the molecule is CC(C)(C)OC=O.CC1(c2nc(COc3ccc(S(C)(=O)=O)cc3)cs2)CCNCC1. The monoisotopic (exact) mass is 468 g/mol. The van der Waals surface area contributed by atoms with Crippen molar-refractivity contribution < 1.29 is 22.7 Å². The summed E-state index contributed by atoms with van der Waals surface area (Å²) in [5, 5.41) is 6.61. The summed E-state index contributed by atoms with van der Waals surface area (Å²) >= 11 is 1.70. The fraction of sp³-hybridized carbons (Fsp3) is 0.545. The van der Waals surface area contributed by atoms with Gasteiger partial charge in [0.1, 0.15) is 18.0 Å². The molecule has 172 valence electrons. The highest BCUT2D eigenvalue weighted by atomic mass is 32.2. The smallest absolute Gasteiger partial charge is 0.293 e. The topological polar surface area (TPSA) is 94.6 Å². The van der Waals surface area contributed by atoms with Crippen LogP contribution in [0, 0.1) is 0 Å². The summed E-state index contributed by atoms with van der Waals surface area (Å²) in [5.41, 5.74) is 0.759.